The van der Waals surface area contributed by atoms with Crippen molar-refractivity contribution in [1.29, 1.82) is 0 Å². The highest BCUT2D eigenvalue weighted by atomic mass is 35.5. The molecule has 0 spiro atoms. The van der Waals surface area contributed by atoms with E-state index in [9.17, 15) is 4.79 Å². The molecule has 1 aromatic heterocycles. The van der Waals surface area contributed by atoms with Crippen LogP contribution in [0.1, 0.15) is 17.4 Å². The summed E-state index contributed by atoms with van der Waals surface area (Å²) < 4.78 is 0. The van der Waals surface area contributed by atoms with Crippen LogP contribution in [0.15, 0.2) is 42.6 Å². The van der Waals surface area contributed by atoms with Gasteiger partial charge in [-0.3, -0.25) is 4.79 Å². The first-order valence-electron chi connectivity index (χ1n) is 5.96. The molecular weight excluding hydrogens is 262 g/mol. The quantitative estimate of drug-likeness (QED) is 0.899. The fraction of sp³-hybridized carbons (Fsp3) is 0.143. The SMILES string of the molecule is CCNc1ccc(C(=O)Nc2ccc(Cl)cc2)nc1. The van der Waals surface area contributed by atoms with Crippen LogP contribution in [-0.2, 0) is 0 Å². The zero-order valence-corrected chi connectivity index (χ0v) is 11.2. The van der Waals surface area contributed by atoms with Crippen molar-refractivity contribution in [3.05, 3.63) is 53.3 Å². The highest BCUT2D eigenvalue weighted by molar-refractivity contribution is 6.30. The lowest BCUT2D eigenvalue weighted by Gasteiger charge is -2.06. The zero-order valence-electron chi connectivity index (χ0n) is 10.5. The topological polar surface area (TPSA) is 54.0 Å². The first-order valence-corrected chi connectivity index (χ1v) is 6.33. The predicted octanol–water partition coefficient (Wildman–Crippen LogP) is 3.42. The van der Waals surface area contributed by atoms with E-state index in [2.05, 4.69) is 15.6 Å². The van der Waals surface area contributed by atoms with E-state index in [0.717, 1.165) is 12.2 Å². The van der Waals surface area contributed by atoms with Crippen LogP contribution in [0.5, 0.6) is 0 Å². The van der Waals surface area contributed by atoms with Gasteiger partial charge in [0.2, 0.25) is 0 Å². The molecule has 19 heavy (non-hydrogen) atoms. The van der Waals surface area contributed by atoms with Gasteiger partial charge in [-0.2, -0.15) is 0 Å². The number of anilines is 2. The standard InChI is InChI=1S/C14H14ClN3O/c1-2-16-12-7-8-13(17-9-12)14(19)18-11-5-3-10(15)4-6-11/h3-9,16H,2H2,1H3,(H,18,19). The minimum absolute atomic E-state index is 0.245. The monoisotopic (exact) mass is 275 g/mol. The number of carbonyl (C=O) groups is 1. The van der Waals surface area contributed by atoms with Gasteiger partial charge in [0, 0.05) is 17.3 Å². The van der Waals surface area contributed by atoms with Crippen LogP contribution in [0.4, 0.5) is 11.4 Å². The number of pyridine rings is 1. The summed E-state index contributed by atoms with van der Waals surface area (Å²) in [6.45, 7) is 2.82. The van der Waals surface area contributed by atoms with E-state index in [1.807, 2.05) is 13.0 Å². The summed E-state index contributed by atoms with van der Waals surface area (Å²) in [4.78, 5) is 16.1. The Morgan fingerprint density at radius 3 is 2.42 bits per heavy atom. The molecule has 98 valence electrons. The second-order valence-electron chi connectivity index (χ2n) is 3.92. The highest BCUT2D eigenvalue weighted by Gasteiger charge is 2.07. The number of amides is 1. The van der Waals surface area contributed by atoms with Crippen LogP contribution >= 0.6 is 11.6 Å². The maximum absolute atomic E-state index is 11.9. The molecule has 4 nitrogen and oxygen atoms in total. The number of halogens is 1. The third-order valence-electron chi connectivity index (χ3n) is 2.48. The fourth-order valence-electron chi connectivity index (χ4n) is 1.57. The number of rotatable bonds is 4. The van der Waals surface area contributed by atoms with Crippen LogP contribution < -0.4 is 10.6 Å². The Kier molecular flexibility index (Phi) is 4.36. The van der Waals surface area contributed by atoms with Gasteiger partial charge < -0.3 is 10.6 Å². The minimum Gasteiger partial charge on any atom is -0.384 e. The average Bonchev–Trinajstić information content (AvgIpc) is 2.42. The number of hydrogen-bond donors (Lipinski definition) is 2. The molecule has 0 saturated heterocycles. The van der Waals surface area contributed by atoms with E-state index < -0.39 is 0 Å². The van der Waals surface area contributed by atoms with Crippen LogP contribution in [0, 0.1) is 0 Å². The molecule has 2 aromatic rings. The third-order valence-corrected chi connectivity index (χ3v) is 2.73. The van der Waals surface area contributed by atoms with Gasteiger partial charge >= 0.3 is 0 Å². The lowest BCUT2D eigenvalue weighted by Crippen LogP contribution is -2.13. The summed E-state index contributed by atoms with van der Waals surface area (Å²) in [5.74, 6) is -0.245. The number of hydrogen-bond acceptors (Lipinski definition) is 3. The van der Waals surface area contributed by atoms with Crippen LogP contribution in [0.3, 0.4) is 0 Å². The summed E-state index contributed by atoms with van der Waals surface area (Å²) >= 11 is 5.78. The molecule has 0 bridgehead atoms. The smallest absolute Gasteiger partial charge is 0.274 e. The molecule has 5 heteroatoms. The summed E-state index contributed by atoms with van der Waals surface area (Å²) in [5, 5.41) is 6.51. The molecule has 1 amide bonds. The van der Waals surface area contributed by atoms with Gasteiger partial charge in [0.15, 0.2) is 0 Å². The summed E-state index contributed by atoms with van der Waals surface area (Å²) in [6, 6.07) is 10.4. The molecule has 1 aromatic carbocycles. The predicted molar refractivity (Wildman–Crippen MR) is 77.8 cm³/mol. The van der Waals surface area contributed by atoms with E-state index >= 15 is 0 Å². The van der Waals surface area contributed by atoms with Gasteiger partial charge in [0.25, 0.3) is 5.91 Å². The van der Waals surface area contributed by atoms with Crippen LogP contribution in [0.25, 0.3) is 0 Å². The van der Waals surface area contributed by atoms with Crippen molar-refractivity contribution in [2.24, 2.45) is 0 Å². The van der Waals surface area contributed by atoms with E-state index in [-0.39, 0.29) is 5.91 Å². The molecule has 0 aliphatic rings. The molecule has 0 fully saturated rings. The number of aromatic nitrogens is 1. The second-order valence-corrected chi connectivity index (χ2v) is 4.36. The molecule has 0 unspecified atom stereocenters. The van der Waals surface area contributed by atoms with E-state index in [1.165, 1.54) is 0 Å². The zero-order chi connectivity index (χ0) is 13.7. The number of nitrogens with zero attached hydrogens (tertiary/aromatic N) is 1. The summed E-state index contributed by atoms with van der Waals surface area (Å²) in [7, 11) is 0. The fourth-order valence-corrected chi connectivity index (χ4v) is 1.69. The lowest BCUT2D eigenvalue weighted by atomic mass is 10.3. The largest absolute Gasteiger partial charge is 0.384 e. The molecule has 2 N–H and O–H groups in total. The van der Waals surface area contributed by atoms with Gasteiger partial charge in [-0.25, -0.2) is 4.98 Å². The summed E-state index contributed by atoms with van der Waals surface area (Å²) in [6.07, 6.45) is 1.64. The van der Waals surface area contributed by atoms with E-state index in [4.69, 9.17) is 11.6 Å². The first kappa shape index (κ1) is 13.4. The highest BCUT2D eigenvalue weighted by Crippen LogP contribution is 2.14. The van der Waals surface area contributed by atoms with Crippen molar-refractivity contribution >= 4 is 28.9 Å². The molecule has 0 aliphatic carbocycles. The Balaban J connectivity index is 2.05. The Hall–Kier alpha value is -2.07. The Morgan fingerprint density at radius 2 is 1.84 bits per heavy atom. The molecule has 0 atom stereocenters. The normalized spacial score (nSPS) is 10.0. The average molecular weight is 276 g/mol. The number of carbonyl (C=O) groups excluding carboxylic acids is 1. The Bertz CT molecular complexity index is 552. The first-order chi connectivity index (χ1) is 9.19. The molecule has 0 radical (unpaired) electrons. The van der Waals surface area contributed by atoms with Crippen LogP contribution in [0.2, 0.25) is 5.02 Å². The van der Waals surface area contributed by atoms with Crippen molar-refractivity contribution in [2.45, 2.75) is 6.92 Å². The maximum Gasteiger partial charge on any atom is 0.274 e. The van der Waals surface area contributed by atoms with Crippen molar-refractivity contribution in [3.63, 3.8) is 0 Å². The van der Waals surface area contributed by atoms with Gasteiger partial charge in [0.05, 0.1) is 11.9 Å². The minimum atomic E-state index is -0.245. The summed E-state index contributed by atoms with van der Waals surface area (Å²) in [5.41, 5.74) is 1.95. The third kappa shape index (κ3) is 3.69. The van der Waals surface area contributed by atoms with Crippen LogP contribution in [-0.4, -0.2) is 17.4 Å². The molecule has 1 heterocycles. The molecular formula is C14H14ClN3O. The van der Waals surface area contributed by atoms with E-state index in [1.54, 1.807) is 36.5 Å². The van der Waals surface area contributed by atoms with Gasteiger partial charge in [-0.1, -0.05) is 11.6 Å². The van der Waals surface area contributed by atoms with Crippen molar-refractivity contribution in [2.75, 3.05) is 17.2 Å². The van der Waals surface area contributed by atoms with Gasteiger partial charge in [0.1, 0.15) is 5.69 Å². The lowest BCUT2D eigenvalue weighted by molar-refractivity contribution is 0.102. The van der Waals surface area contributed by atoms with Crippen molar-refractivity contribution < 1.29 is 4.79 Å². The second kappa shape index (κ2) is 6.20. The molecule has 0 saturated carbocycles. The van der Waals surface area contributed by atoms with Crippen molar-refractivity contribution in [3.8, 4) is 0 Å². The Labute approximate surface area is 116 Å². The number of nitrogens with one attached hydrogen (secondary N) is 2. The maximum atomic E-state index is 11.9. The van der Waals surface area contributed by atoms with E-state index in [0.29, 0.717) is 16.4 Å². The molecule has 0 aliphatic heterocycles. The number of benzene rings is 1. The molecule has 2 rings (SSSR count). The van der Waals surface area contributed by atoms with Gasteiger partial charge in [-0.05, 0) is 43.3 Å². The van der Waals surface area contributed by atoms with Gasteiger partial charge in [-0.15, -0.1) is 0 Å². The Morgan fingerprint density at radius 1 is 1.16 bits per heavy atom. The van der Waals surface area contributed by atoms with Crippen molar-refractivity contribution in [1.82, 2.24) is 4.98 Å².